The maximum Gasteiger partial charge on any atom is 0.401 e. The predicted octanol–water partition coefficient (Wildman–Crippen LogP) is 3.11. The Balaban J connectivity index is 0.00000450. The van der Waals surface area contributed by atoms with E-state index in [0.717, 1.165) is 18.8 Å². The average molecular weight is 543 g/mol. The third kappa shape index (κ3) is 9.25. The molecule has 0 amide bonds. The first kappa shape index (κ1) is 26.8. The van der Waals surface area contributed by atoms with Crippen molar-refractivity contribution in [3.05, 3.63) is 29.8 Å². The Morgan fingerprint density at radius 1 is 1.27 bits per heavy atom. The van der Waals surface area contributed by atoms with E-state index in [2.05, 4.69) is 26.6 Å². The smallest absolute Gasteiger partial charge is 0.401 e. The molecule has 1 aromatic carbocycles. The van der Waals surface area contributed by atoms with Gasteiger partial charge in [0.05, 0.1) is 19.7 Å². The Bertz CT molecular complexity index is 654. The first-order valence-electron chi connectivity index (χ1n) is 9.90. The molecule has 0 aliphatic carbocycles. The monoisotopic (exact) mass is 543 g/mol. The normalized spacial score (nSPS) is 16.3. The van der Waals surface area contributed by atoms with Crippen LogP contribution in [0, 0.1) is 0 Å². The molecule has 1 atom stereocenters. The van der Waals surface area contributed by atoms with Gasteiger partial charge in [0.1, 0.15) is 5.75 Å². The van der Waals surface area contributed by atoms with Crippen molar-refractivity contribution in [3.8, 4) is 5.75 Å². The molecule has 1 unspecified atom stereocenters. The van der Waals surface area contributed by atoms with Crippen LogP contribution in [0.1, 0.15) is 24.4 Å². The minimum absolute atomic E-state index is 0. The summed E-state index contributed by atoms with van der Waals surface area (Å²) in [4.78, 5) is 7.87. The maximum atomic E-state index is 12.4. The predicted molar refractivity (Wildman–Crippen MR) is 125 cm³/mol. The van der Waals surface area contributed by atoms with Crippen LogP contribution in [-0.4, -0.2) is 82.4 Å². The molecule has 1 saturated heterocycles. The molecule has 2 N–H and O–H groups in total. The number of methoxy groups -OCH3 is 1. The van der Waals surface area contributed by atoms with E-state index >= 15 is 0 Å². The van der Waals surface area contributed by atoms with Crippen molar-refractivity contribution in [1.29, 1.82) is 0 Å². The van der Waals surface area contributed by atoms with E-state index < -0.39 is 12.7 Å². The minimum Gasteiger partial charge on any atom is -0.497 e. The van der Waals surface area contributed by atoms with Gasteiger partial charge < -0.3 is 15.4 Å². The van der Waals surface area contributed by atoms with E-state index in [4.69, 9.17) is 4.74 Å². The van der Waals surface area contributed by atoms with E-state index in [1.807, 2.05) is 18.2 Å². The molecule has 10 heteroatoms. The standard InChI is InChI=1S/C20H32F3N5O.HI/c1-24-19(25-9-12-27(2)15-20(21,22)23)26-14-18(28-10-4-5-11-28)16-7-6-8-17(13-16)29-3;/h6-8,13,18H,4-5,9-12,14-15H2,1-3H3,(H2,24,25,26);1H. The zero-order chi connectivity index (χ0) is 21.3. The van der Waals surface area contributed by atoms with E-state index in [0.29, 0.717) is 19.0 Å². The van der Waals surface area contributed by atoms with Gasteiger partial charge in [0.25, 0.3) is 0 Å². The fourth-order valence-corrected chi connectivity index (χ4v) is 3.52. The van der Waals surface area contributed by atoms with Gasteiger partial charge in [-0.25, -0.2) is 0 Å². The van der Waals surface area contributed by atoms with Crippen molar-refractivity contribution in [3.63, 3.8) is 0 Å². The number of guanidine groups is 1. The molecule has 2 rings (SSSR count). The average Bonchev–Trinajstić information content (AvgIpc) is 3.20. The van der Waals surface area contributed by atoms with Crippen molar-refractivity contribution in [2.24, 2.45) is 4.99 Å². The maximum absolute atomic E-state index is 12.4. The molecule has 0 aromatic heterocycles. The molecule has 0 spiro atoms. The van der Waals surface area contributed by atoms with Gasteiger partial charge in [-0.15, -0.1) is 24.0 Å². The highest BCUT2D eigenvalue weighted by atomic mass is 127. The van der Waals surface area contributed by atoms with Gasteiger partial charge >= 0.3 is 6.18 Å². The molecule has 1 fully saturated rings. The third-order valence-corrected chi connectivity index (χ3v) is 4.98. The second-order valence-corrected chi connectivity index (χ2v) is 7.27. The highest BCUT2D eigenvalue weighted by molar-refractivity contribution is 14.0. The first-order valence-corrected chi connectivity index (χ1v) is 9.90. The fourth-order valence-electron chi connectivity index (χ4n) is 3.52. The summed E-state index contributed by atoms with van der Waals surface area (Å²) in [6.45, 7) is 2.44. The van der Waals surface area contributed by atoms with Gasteiger partial charge in [-0.05, 0) is 50.7 Å². The van der Waals surface area contributed by atoms with Gasteiger partial charge in [0.2, 0.25) is 0 Å². The Kier molecular flexibility index (Phi) is 11.8. The molecule has 1 heterocycles. The van der Waals surface area contributed by atoms with Gasteiger partial charge in [0, 0.05) is 26.7 Å². The van der Waals surface area contributed by atoms with Crippen LogP contribution in [0.3, 0.4) is 0 Å². The molecule has 0 radical (unpaired) electrons. The van der Waals surface area contributed by atoms with Gasteiger partial charge in [0.15, 0.2) is 5.96 Å². The van der Waals surface area contributed by atoms with Crippen molar-refractivity contribution in [2.45, 2.75) is 25.1 Å². The summed E-state index contributed by atoms with van der Waals surface area (Å²) in [5.41, 5.74) is 1.17. The number of hydrogen-bond donors (Lipinski definition) is 2. The Labute approximate surface area is 194 Å². The number of ether oxygens (including phenoxy) is 1. The summed E-state index contributed by atoms with van der Waals surface area (Å²) in [5, 5.41) is 6.41. The lowest BCUT2D eigenvalue weighted by molar-refractivity contribution is -0.142. The lowest BCUT2D eigenvalue weighted by atomic mass is 10.1. The lowest BCUT2D eigenvalue weighted by Crippen LogP contribution is -2.45. The van der Waals surface area contributed by atoms with Gasteiger partial charge in [-0.2, -0.15) is 13.2 Å². The first-order chi connectivity index (χ1) is 13.8. The summed E-state index contributed by atoms with van der Waals surface area (Å²) in [6.07, 6.45) is -1.83. The number of likely N-dealkylation sites (N-methyl/N-ethyl adjacent to an activating group) is 1. The third-order valence-electron chi connectivity index (χ3n) is 4.98. The number of hydrogen-bond acceptors (Lipinski definition) is 4. The van der Waals surface area contributed by atoms with Crippen molar-refractivity contribution in [1.82, 2.24) is 20.4 Å². The van der Waals surface area contributed by atoms with E-state index in [-0.39, 0.29) is 36.6 Å². The molecule has 6 nitrogen and oxygen atoms in total. The van der Waals surface area contributed by atoms with Crippen LogP contribution in [0.15, 0.2) is 29.3 Å². The zero-order valence-electron chi connectivity index (χ0n) is 17.8. The molecule has 1 aromatic rings. The number of likely N-dealkylation sites (tertiary alicyclic amines) is 1. The SMILES string of the molecule is CN=C(NCCN(C)CC(F)(F)F)NCC(c1cccc(OC)c1)N1CCCC1.I. The minimum atomic E-state index is -4.19. The molecule has 30 heavy (non-hydrogen) atoms. The molecule has 0 bridgehead atoms. The fraction of sp³-hybridized carbons (Fsp3) is 0.650. The number of benzene rings is 1. The van der Waals surface area contributed by atoms with Crippen molar-refractivity contribution in [2.75, 3.05) is 60.5 Å². The van der Waals surface area contributed by atoms with Crippen LogP contribution >= 0.6 is 24.0 Å². The number of aliphatic imine (C=N–C) groups is 1. The van der Waals surface area contributed by atoms with Gasteiger partial charge in [-0.3, -0.25) is 14.8 Å². The summed E-state index contributed by atoms with van der Waals surface area (Å²) in [6, 6.07) is 8.22. The van der Waals surface area contributed by atoms with Crippen LogP contribution in [0.4, 0.5) is 13.2 Å². The lowest BCUT2D eigenvalue weighted by Gasteiger charge is -2.29. The molecule has 0 saturated carbocycles. The number of nitrogens with zero attached hydrogens (tertiary/aromatic N) is 3. The largest absolute Gasteiger partial charge is 0.497 e. The molecule has 1 aliphatic heterocycles. The molecular formula is C20H33F3IN5O. The number of nitrogens with one attached hydrogen (secondary N) is 2. The van der Waals surface area contributed by atoms with Crippen LogP contribution < -0.4 is 15.4 Å². The molecule has 1 aliphatic rings. The Morgan fingerprint density at radius 3 is 2.57 bits per heavy atom. The Morgan fingerprint density at radius 2 is 1.97 bits per heavy atom. The van der Waals surface area contributed by atoms with Crippen LogP contribution in [0.25, 0.3) is 0 Å². The van der Waals surface area contributed by atoms with E-state index in [1.54, 1.807) is 14.2 Å². The Hall–Kier alpha value is -1.27. The summed E-state index contributed by atoms with van der Waals surface area (Å²) in [5.74, 6) is 1.40. The van der Waals surface area contributed by atoms with Crippen LogP contribution in [-0.2, 0) is 0 Å². The topological polar surface area (TPSA) is 52.1 Å². The number of alkyl halides is 3. The van der Waals surface area contributed by atoms with E-state index in [1.165, 1.54) is 30.4 Å². The van der Waals surface area contributed by atoms with Crippen LogP contribution in [0.5, 0.6) is 5.75 Å². The van der Waals surface area contributed by atoms with Crippen LogP contribution in [0.2, 0.25) is 0 Å². The highest BCUT2D eigenvalue weighted by Crippen LogP contribution is 2.27. The second-order valence-electron chi connectivity index (χ2n) is 7.27. The number of halogens is 4. The highest BCUT2D eigenvalue weighted by Gasteiger charge is 2.29. The quantitative estimate of drug-likeness (QED) is 0.285. The zero-order valence-corrected chi connectivity index (χ0v) is 20.2. The summed E-state index contributed by atoms with van der Waals surface area (Å²) < 4.78 is 42.6. The summed E-state index contributed by atoms with van der Waals surface area (Å²) >= 11 is 0. The van der Waals surface area contributed by atoms with Gasteiger partial charge in [-0.1, -0.05) is 12.1 Å². The second kappa shape index (κ2) is 13.2. The van der Waals surface area contributed by atoms with Crippen molar-refractivity contribution >= 4 is 29.9 Å². The summed E-state index contributed by atoms with van der Waals surface area (Å²) in [7, 11) is 4.77. The molecular weight excluding hydrogens is 510 g/mol. The van der Waals surface area contributed by atoms with Crippen molar-refractivity contribution < 1.29 is 17.9 Å². The molecule has 172 valence electrons. The van der Waals surface area contributed by atoms with E-state index in [9.17, 15) is 13.2 Å². The number of rotatable bonds is 9.